The number of hydrogen-bond donors (Lipinski definition) is 4. The fourth-order valence-corrected chi connectivity index (χ4v) is 2.19. The molecule has 2 amide bonds. The molecule has 0 saturated carbocycles. The number of primary amides is 1. The highest BCUT2D eigenvalue weighted by Gasteiger charge is 2.16. The van der Waals surface area contributed by atoms with Crippen LogP contribution in [0.2, 0.25) is 0 Å². The third kappa shape index (κ3) is 1.61. The quantitative estimate of drug-likeness (QED) is 0.499. The maximum atomic E-state index is 11.0. The van der Waals surface area contributed by atoms with E-state index < -0.39 is 6.03 Å². The van der Waals surface area contributed by atoms with Crippen LogP contribution < -0.4 is 22.5 Å². The molecule has 0 spiro atoms. The van der Waals surface area contributed by atoms with E-state index in [1.54, 1.807) is 0 Å². The van der Waals surface area contributed by atoms with Gasteiger partial charge in [-0.1, -0.05) is 18.2 Å². The van der Waals surface area contributed by atoms with Gasteiger partial charge in [0.15, 0.2) is 5.58 Å². The standard InChI is InChI=1S/C13H12N4O2/c14-7-5-8(17-13(16)18)11(15)10-6-3-1-2-4-9(6)19-12(7)10/h1-5H,14-15H2,(H3,16,17,18). The number of amides is 2. The van der Waals surface area contributed by atoms with E-state index in [0.29, 0.717) is 33.6 Å². The van der Waals surface area contributed by atoms with Crippen LogP contribution in [0.5, 0.6) is 0 Å². The van der Waals surface area contributed by atoms with Gasteiger partial charge < -0.3 is 26.9 Å². The van der Waals surface area contributed by atoms with Crippen LogP contribution in [0.4, 0.5) is 21.9 Å². The summed E-state index contributed by atoms with van der Waals surface area (Å²) in [5, 5.41) is 3.98. The van der Waals surface area contributed by atoms with Crippen molar-refractivity contribution in [1.82, 2.24) is 0 Å². The van der Waals surface area contributed by atoms with E-state index in [9.17, 15) is 4.79 Å². The van der Waals surface area contributed by atoms with Crippen LogP contribution in [0, 0.1) is 0 Å². The lowest BCUT2D eigenvalue weighted by molar-refractivity contribution is 0.259. The van der Waals surface area contributed by atoms with Crippen LogP contribution in [0.3, 0.4) is 0 Å². The Morgan fingerprint density at radius 2 is 1.95 bits per heavy atom. The molecule has 6 nitrogen and oxygen atoms in total. The average molecular weight is 256 g/mol. The maximum absolute atomic E-state index is 11.0. The minimum Gasteiger partial charge on any atom is -0.454 e. The SMILES string of the molecule is NC(=O)Nc1cc(N)c2oc3ccccc3c2c1N. The topological polar surface area (TPSA) is 120 Å². The van der Waals surface area contributed by atoms with E-state index in [1.807, 2.05) is 24.3 Å². The highest BCUT2D eigenvalue weighted by atomic mass is 16.3. The molecular weight excluding hydrogens is 244 g/mol. The zero-order valence-corrected chi connectivity index (χ0v) is 9.94. The van der Waals surface area contributed by atoms with E-state index in [0.717, 1.165) is 5.39 Å². The summed E-state index contributed by atoms with van der Waals surface area (Å²) < 4.78 is 5.68. The molecule has 0 bridgehead atoms. The van der Waals surface area contributed by atoms with Gasteiger partial charge in [-0.25, -0.2) is 4.79 Å². The second kappa shape index (κ2) is 3.81. The summed E-state index contributed by atoms with van der Waals surface area (Å²) in [6.45, 7) is 0. The monoisotopic (exact) mass is 256 g/mol. The van der Waals surface area contributed by atoms with Gasteiger partial charge in [0.05, 0.1) is 22.4 Å². The molecule has 19 heavy (non-hydrogen) atoms. The molecule has 1 aromatic heterocycles. The number of anilines is 3. The number of nitrogen functional groups attached to an aromatic ring is 2. The van der Waals surface area contributed by atoms with Gasteiger partial charge in [0.1, 0.15) is 5.58 Å². The highest BCUT2D eigenvalue weighted by Crippen LogP contribution is 2.40. The summed E-state index contributed by atoms with van der Waals surface area (Å²) in [5.74, 6) is 0. The Balaban J connectivity index is 2.42. The van der Waals surface area contributed by atoms with Crippen LogP contribution in [0.15, 0.2) is 34.7 Å². The molecule has 1 heterocycles. The number of carbonyl (C=O) groups excluding carboxylic acids is 1. The Morgan fingerprint density at radius 1 is 1.21 bits per heavy atom. The number of nitrogens with two attached hydrogens (primary N) is 3. The molecule has 0 aliphatic heterocycles. The summed E-state index contributed by atoms with van der Waals surface area (Å²) in [5.41, 5.74) is 19.4. The van der Waals surface area contributed by atoms with E-state index in [-0.39, 0.29) is 0 Å². The van der Waals surface area contributed by atoms with Crippen LogP contribution >= 0.6 is 0 Å². The Morgan fingerprint density at radius 3 is 2.68 bits per heavy atom. The molecule has 2 aromatic carbocycles. The van der Waals surface area contributed by atoms with Gasteiger partial charge in [-0.05, 0) is 12.1 Å². The number of nitrogens with one attached hydrogen (secondary N) is 1. The number of fused-ring (bicyclic) bond motifs is 3. The molecule has 6 heteroatoms. The third-order valence-corrected chi connectivity index (χ3v) is 2.97. The van der Waals surface area contributed by atoms with Crippen molar-refractivity contribution in [1.29, 1.82) is 0 Å². The molecule has 0 fully saturated rings. The molecule has 0 saturated heterocycles. The molecule has 7 N–H and O–H groups in total. The highest BCUT2D eigenvalue weighted by molar-refractivity contribution is 6.18. The number of hydrogen-bond acceptors (Lipinski definition) is 4. The number of rotatable bonds is 1. The van der Waals surface area contributed by atoms with E-state index in [1.165, 1.54) is 6.07 Å². The van der Waals surface area contributed by atoms with Gasteiger partial charge in [0.25, 0.3) is 0 Å². The van der Waals surface area contributed by atoms with Crippen molar-refractivity contribution < 1.29 is 9.21 Å². The Hall–Kier alpha value is -2.89. The fraction of sp³-hybridized carbons (Fsp3) is 0. The van der Waals surface area contributed by atoms with Crippen molar-refractivity contribution in [2.75, 3.05) is 16.8 Å². The summed E-state index contributed by atoms with van der Waals surface area (Å²) in [6, 6.07) is 8.28. The molecule has 0 aliphatic carbocycles. The van der Waals surface area contributed by atoms with Crippen LogP contribution in [0.25, 0.3) is 21.9 Å². The van der Waals surface area contributed by atoms with Gasteiger partial charge in [-0.2, -0.15) is 0 Å². The molecule has 0 unspecified atom stereocenters. The van der Waals surface area contributed by atoms with Crippen molar-refractivity contribution in [2.45, 2.75) is 0 Å². The molecular formula is C13H12N4O2. The predicted molar refractivity (Wildman–Crippen MR) is 75.8 cm³/mol. The van der Waals surface area contributed by atoms with Gasteiger partial charge >= 0.3 is 6.03 Å². The first-order valence-electron chi connectivity index (χ1n) is 5.63. The molecule has 3 rings (SSSR count). The number of benzene rings is 2. The first-order chi connectivity index (χ1) is 9.08. The molecule has 96 valence electrons. The number of carbonyl (C=O) groups is 1. The van der Waals surface area contributed by atoms with Crippen LogP contribution in [-0.2, 0) is 0 Å². The largest absolute Gasteiger partial charge is 0.454 e. The summed E-state index contributed by atoms with van der Waals surface area (Å²) in [4.78, 5) is 11.0. The molecule has 3 aromatic rings. The van der Waals surface area contributed by atoms with Crippen molar-refractivity contribution in [2.24, 2.45) is 5.73 Å². The van der Waals surface area contributed by atoms with Crippen molar-refractivity contribution in [3.63, 3.8) is 0 Å². The van der Waals surface area contributed by atoms with Gasteiger partial charge in [0, 0.05) is 5.39 Å². The van der Waals surface area contributed by atoms with Crippen LogP contribution in [-0.4, -0.2) is 6.03 Å². The minimum absolute atomic E-state index is 0.379. The number of para-hydroxylation sites is 1. The Labute approximate surface area is 108 Å². The molecule has 0 atom stereocenters. The number of furan rings is 1. The first-order valence-corrected chi connectivity index (χ1v) is 5.63. The summed E-state index contributed by atoms with van der Waals surface area (Å²) in [7, 11) is 0. The van der Waals surface area contributed by atoms with Gasteiger partial charge in [-0.15, -0.1) is 0 Å². The van der Waals surface area contributed by atoms with Crippen molar-refractivity contribution in [3.05, 3.63) is 30.3 Å². The maximum Gasteiger partial charge on any atom is 0.316 e. The summed E-state index contributed by atoms with van der Waals surface area (Å²) in [6.07, 6.45) is 0. The van der Waals surface area contributed by atoms with E-state index in [2.05, 4.69) is 5.32 Å². The first kappa shape index (κ1) is 11.2. The lowest BCUT2D eigenvalue weighted by Gasteiger charge is -2.08. The number of urea groups is 1. The van der Waals surface area contributed by atoms with E-state index in [4.69, 9.17) is 21.6 Å². The second-order valence-corrected chi connectivity index (χ2v) is 4.22. The molecule has 0 radical (unpaired) electrons. The van der Waals surface area contributed by atoms with Crippen molar-refractivity contribution >= 4 is 45.0 Å². The Kier molecular flexibility index (Phi) is 2.25. The van der Waals surface area contributed by atoms with E-state index >= 15 is 0 Å². The predicted octanol–water partition coefficient (Wildman–Crippen LogP) is 2.24. The average Bonchev–Trinajstić information content (AvgIpc) is 2.75. The molecule has 0 aliphatic rings. The minimum atomic E-state index is -0.696. The lowest BCUT2D eigenvalue weighted by Crippen LogP contribution is -2.20. The normalized spacial score (nSPS) is 10.9. The third-order valence-electron chi connectivity index (χ3n) is 2.97. The van der Waals surface area contributed by atoms with Crippen molar-refractivity contribution in [3.8, 4) is 0 Å². The lowest BCUT2D eigenvalue weighted by atomic mass is 10.1. The van der Waals surface area contributed by atoms with Gasteiger partial charge in [0.2, 0.25) is 0 Å². The second-order valence-electron chi connectivity index (χ2n) is 4.22. The Bertz CT molecular complexity index is 807. The summed E-state index contributed by atoms with van der Waals surface area (Å²) >= 11 is 0. The van der Waals surface area contributed by atoms with Crippen LogP contribution in [0.1, 0.15) is 0 Å². The fourth-order valence-electron chi connectivity index (χ4n) is 2.19. The van der Waals surface area contributed by atoms with Gasteiger partial charge in [-0.3, -0.25) is 0 Å². The zero-order chi connectivity index (χ0) is 13.6. The smallest absolute Gasteiger partial charge is 0.316 e. The zero-order valence-electron chi connectivity index (χ0n) is 9.94.